The van der Waals surface area contributed by atoms with Gasteiger partial charge in [0.15, 0.2) is 11.6 Å². The second-order valence-electron chi connectivity index (χ2n) is 6.49. The molecule has 0 saturated carbocycles. The van der Waals surface area contributed by atoms with Gasteiger partial charge in [0.05, 0.1) is 0 Å². The van der Waals surface area contributed by atoms with Crippen molar-refractivity contribution in [2.45, 2.75) is 47.0 Å². The molecule has 138 valence electrons. The van der Waals surface area contributed by atoms with E-state index in [2.05, 4.69) is 6.92 Å². The Balaban J connectivity index is 2.51. The highest BCUT2D eigenvalue weighted by Crippen LogP contribution is 2.28. The van der Waals surface area contributed by atoms with Gasteiger partial charge in [-0.05, 0) is 39.7 Å². The van der Waals surface area contributed by atoms with Crippen molar-refractivity contribution in [1.29, 1.82) is 0 Å². The Hall–Kier alpha value is -2.49. The van der Waals surface area contributed by atoms with Crippen LogP contribution in [0.3, 0.4) is 0 Å². The first kappa shape index (κ1) is 19.8. The number of fused-ring (bicyclic) bond motifs is 1. The van der Waals surface area contributed by atoms with Crippen molar-refractivity contribution in [3.05, 3.63) is 58.2 Å². The summed E-state index contributed by atoms with van der Waals surface area (Å²) in [4.78, 5) is 40.2. The topological polar surface area (TPSA) is 54.5 Å². The summed E-state index contributed by atoms with van der Waals surface area (Å²) in [5.74, 6) is -0.376. The minimum absolute atomic E-state index is 0.0529. The summed E-state index contributed by atoms with van der Waals surface area (Å²) in [6.07, 6.45) is 4.08. The molecular weight excluding hydrogens is 326 g/mol. The van der Waals surface area contributed by atoms with E-state index in [1.54, 1.807) is 42.2 Å². The molecule has 0 aliphatic heterocycles. The van der Waals surface area contributed by atoms with Gasteiger partial charge in [0.2, 0.25) is 5.91 Å². The van der Waals surface area contributed by atoms with Crippen molar-refractivity contribution in [2.75, 3.05) is 13.1 Å². The quantitative estimate of drug-likeness (QED) is 0.684. The number of benzene rings is 1. The van der Waals surface area contributed by atoms with Crippen LogP contribution in [-0.4, -0.2) is 35.5 Å². The molecule has 0 heterocycles. The van der Waals surface area contributed by atoms with Crippen LogP contribution < -0.4 is 0 Å². The third kappa shape index (κ3) is 3.85. The molecule has 0 N–H and O–H groups in total. The van der Waals surface area contributed by atoms with E-state index in [0.717, 1.165) is 12.8 Å². The molecular formula is C22H27NO3. The molecule has 0 aromatic heterocycles. The minimum Gasteiger partial charge on any atom is -0.339 e. The zero-order valence-electron chi connectivity index (χ0n) is 16.1. The number of carbonyl (C=O) groups excluding carboxylic acids is 3. The van der Waals surface area contributed by atoms with Crippen molar-refractivity contribution in [3.8, 4) is 0 Å². The molecule has 1 aromatic rings. The highest BCUT2D eigenvalue weighted by atomic mass is 16.2. The van der Waals surface area contributed by atoms with E-state index in [4.69, 9.17) is 0 Å². The lowest BCUT2D eigenvalue weighted by Gasteiger charge is -2.22. The average molecular weight is 353 g/mol. The van der Waals surface area contributed by atoms with E-state index in [0.29, 0.717) is 47.4 Å². The number of likely N-dealkylation sites (N-methyl/N-ethyl adjacent to an activating group) is 1. The molecule has 1 amide bonds. The van der Waals surface area contributed by atoms with E-state index in [-0.39, 0.29) is 17.5 Å². The van der Waals surface area contributed by atoms with Crippen molar-refractivity contribution in [3.63, 3.8) is 0 Å². The lowest BCUT2D eigenvalue weighted by Crippen LogP contribution is -2.32. The first-order valence-corrected chi connectivity index (χ1v) is 9.35. The number of hydrogen-bond donors (Lipinski definition) is 0. The van der Waals surface area contributed by atoms with Gasteiger partial charge in [-0.3, -0.25) is 14.4 Å². The number of nitrogens with zero attached hydrogens (tertiary/aromatic N) is 1. The van der Waals surface area contributed by atoms with Gasteiger partial charge in [0.1, 0.15) is 0 Å². The van der Waals surface area contributed by atoms with Crippen LogP contribution in [0.25, 0.3) is 0 Å². The minimum atomic E-state index is -0.181. The van der Waals surface area contributed by atoms with Gasteiger partial charge in [0.25, 0.3) is 0 Å². The van der Waals surface area contributed by atoms with Crippen molar-refractivity contribution in [2.24, 2.45) is 0 Å². The molecule has 0 saturated heterocycles. The summed E-state index contributed by atoms with van der Waals surface area (Å²) >= 11 is 0. The summed E-state index contributed by atoms with van der Waals surface area (Å²) in [7, 11) is 0. The normalized spacial score (nSPS) is 14.5. The SMILES string of the molecule is CCCC/C(=C\C1=C(C)C(=O)c2ccccc2C1=O)C(=O)N(CC)CC. The van der Waals surface area contributed by atoms with Gasteiger partial charge < -0.3 is 4.90 Å². The summed E-state index contributed by atoms with van der Waals surface area (Å²) in [6.45, 7) is 8.85. The molecule has 1 aliphatic carbocycles. The fourth-order valence-corrected chi connectivity index (χ4v) is 3.19. The van der Waals surface area contributed by atoms with Crippen LogP contribution in [0, 0.1) is 0 Å². The largest absolute Gasteiger partial charge is 0.339 e. The monoisotopic (exact) mass is 353 g/mol. The fourth-order valence-electron chi connectivity index (χ4n) is 3.19. The molecule has 0 atom stereocenters. The van der Waals surface area contributed by atoms with Gasteiger partial charge >= 0.3 is 0 Å². The molecule has 0 radical (unpaired) electrons. The number of allylic oxidation sites excluding steroid dienone is 3. The summed E-state index contributed by atoms with van der Waals surface area (Å²) < 4.78 is 0. The molecule has 4 nitrogen and oxygen atoms in total. The molecule has 1 aromatic carbocycles. The molecule has 26 heavy (non-hydrogen) atoms. The lowest BCUT2D eigenvalue weighted by molar-refractivity contribution is -0.126. The Bertz CT molecular complexity index is 782. The Morgan fingerprint density at radius 3 is 2.12 bits per heavy atom. The number of carbonyl (C=O) groups is 3. The lowest BCUT2D eigenvalue weighted by atomic mass is 9.83. The van der Waals surface area contributed by atoms with Crippen molar-refractivity contribution >= 4 is 17.5 Å². The second kappa shape index (κ2) is 8.75. The Kier molecular flexibility index (Phi) is 6.67. The maximum atomic E-state index is 12.9. The average Bonchev–Trinajstić information content (AvgIpc) is 2.66. The first-order chi connectivity index (χ1) is 12.5. The standard InChI is InChI=1S/C22H27NO3/c1-5-8-11-16(22(26)23(6-2)7-3)14-19-15(4)20(24)17-12-9-10-13-18(17)21(19)25/h9-10,12-14H,5-8,11H2,1-4H3/b16-14+. The predicted octanol–water partition coefficient (Wildman–Crippen LogP) is 4.37. The van der Waals surface area contributed by atoms with Gasteiger partial charge in [0, 0.05) is 40.9 Å². The van der Waals surface area contributed by atoms with Crippen LogP contribution >= 0.6 is 0 Å². The summed E-state index contributed by atoms with van der Waals surface area (Å²) in [5.41, 5.74) is 2.22. The third-order valence-corrected chi connectivity index (χ3v) is 4.85. The van der Waals surface area contributed by atoms with Crippen LogP contribution in [0.5, 0.6) is 0 Å². The zero-order valence-corrected chi connectivity index (χ0v) is 16.1. The maximum absolute atomic E-state index is 12.9. The number of ketones is 2. The second-order valence-corrected chi connectivity index (χ2v) is 6.49. The fraction of sp³-hybridized carbons (Fsp3) is 0.409. The Labute approximate surface area is 155 Å². The molecule has 1 aliphatic rings. The Morgan fingerprint density at radius 2 is 1.58 bits per heavy atom. The summed E-state index contributed by atoms with van der Waals surface area (Å²) in [6, 6.07) is 6.87. The first-order valence-electron chi connectivity index (χ1n) is 9.35. The van der Waals surface area contributed by atoms with E-state index in [1.807, 2.05) is 13.8 Å². The van der Waals surface area contributed by atoms with E-state index in [1.165, 1.54) is 0 Å². The van der Waals surface area contributed by atoms with Gasteiger partial charge in [-0.1, -0.05) is 37.6 Å². The zero-order chi connectivity index (χ0) is 19.3. The van der Waals surface area contributed by atoms with Crippen molar-refractivity contribution < 1.29 is 14.4 Å². The third-order valence-electron chi connectivity index (χ3n) is 4.85. The molecule has 0 spiro atoms. The van der Waals surface area contributed by atoms with Gasteiger partial charge in [-0.25, -0.2) is 0 Å². The number of amides is 1. The Morgan fingerprint density at radius 1 is 1.00 bits per heavy atom. The highest BCUT2D eigenvalue weighted by molar-refractivity contribution is 6.28. The molecule has 4 heteroatoms. The molecule has 0 bridgehead atoms. The van der Waals surface area contributed by atoms with E-state index < -0.39 is 0 Å². The smallest absolute Gasteiger partial charge is 0.249 e. The number of unbranched alkanes of at least 4 members (excludes halogenated alkanes) is 1. The molecule has 0 unspecified atom stereocenters. The number of rotatable bonds is 7. The molecule has 2 rings (SSSR count). The maximum Gasteiger partial charge on any atom is 0.249 e. The van der Waals surface area contributed by atoms with Crippen LogP contribution in [0.2, 0.25) is 0 Å². The van der Waals surface area contributed by atoms with E-state index >= 15 is 0 Å². The van der Waals surface area contributed by atoms with Gasteiger partial charge in [-0.2, -0.15) is 0 Å². The van der Waals surface area contributed by atoms with Gasteiger partial charge in [-0.15, -0.1) is 0 Å². The van der Waals surface area contributed by atoms with Crippen LogP contribution in [-0.2, 0) is 4.79 Å². The van der Waals surface area contributed by atoms with Crippen LogP contribution in [0.1, 0.15) is 67.7 Å². The van der Waals surface area contributed by atoms with E-state index in [9.17, 15) is 14.4 Å². The summed E-state index contributed by atoms with van der Waals surface area (Å²) in [5, 5.41) is 0. The number of Topliss-reactive ketones (excluding diaryl/α,β-unsaturated/α-hetero) is 2. The van der Waals surface area contributed by atoms with Crippen LogP contribution in [0.4, 0.5) is 0 Å². The highest BCUT2D eigenvalue weighted by Gasteiger charge is 2.29. The number of hydrogen-bond acceptors (Lipinski definition) is 3. The molecule has 0 fully saturated rings. The van der Waals surface area contributed by atoms with Crippen LogP contribution in [0.15, 0.2) is 47.1 Å². The predicted molar refractivity (Wildman–Crippen MR) is 103 cm³/mol. The van der Waals surface area contributed by atoms with Crippen molar-refractivity contribution in [1.82, 2.24) is 4.90 Å².